The number of nitrogens with one attached hydrogen (secondary N) is 1. The maximum atomic E-state index is 14.5. The van der Waals surface area contributed by atoms with Gasteiger partial charge in [-0.15, -0.1) is 0 Å². The lowest BCUT2D eigenvalue weighted by Crippen LogP contribution is -2.21. The van der Waals surface area contributed by atoms with Crippen LogP contribution in [0.25, 0.3) is 22.3 Å². The van der Waals surface area contributed by atoms with E-state index in [1.54, 1.807) is 18.3 Å². The summed E-state index contributed by atoms with van der Waals surface area (Å²) in [7, 11) is 0. The van der Waals surface area contributed by atoms with Gasteiger partial charge in [-0.05, 0) is 55.0 Å². The molecule has 0 fully saturated rings. The van der Waals surface area contributed by atoms with Crippen LogP contribution in [0.2, 0.25) is 0 Å². The third-order valence-electron chi connectivity index (χ3n) is 5.79. The first-order valence-corrected chi connectivity index (χ1v) is 11.0. The van der Waals surface area contributed by atoms with Gasteiger partial charge in [-0.25, -0.2) is 23.1 Å². The molecule has 5 rings (SSSR count). The van der Waals surface area contributed by atoms with Gasteiger partial charge in [0.25, 0.3) is 5.91 Å². The number of benzene rings is 1. The first-order chi connectivity index (χ1) is 17.6. The van der Waals surface area contributed by atoms with Gasteiger partial charge < -0.3 is 5.32 Å². The van der Waals surface area contributed by atoms with E-state index in [9.17, 15) is 31.1 Å². The van der Waals surface area contributed by atoms with Crippen molar-refractivity contribution < 1.29 is 31.1 Å². The van der Waals surface area contributed by atoms with Crippen LogP contribution < -0.4 is 5.32 Å². The summed E-state index contributed by atoms with van der Waals surface area (Å²) in [4.78, 5) is 21.0. The summed E-state index contributed by atoms with van der Waals surface area (Å²) in [6, 6.07) is 9.46. The molecule has 3 heterocycles. The molecule has 0 spiro atoms. The minimum atomic E-state index is -4.88. The van der Waals surface area contributed by atoms with Gasteiger partial charge >= 0.3 is 6.18 Å². The molecule has 1 amide bonds. The van der Waals surface area contributed by atoms with Crippen LogP contribution in [0.1, 0.15) is 34.7 Å². The molecule has 1 aromatic carbocycles. The lowest BCUT2D eigenvalue weighted by molar-refractivity contribution is -0.138. The van der Waals surface area contributed by atoms with E-state index in [4.69, 9.17) is 0 Å². The topological polar surface area (TPSA) is 59.3 Å². The third kappa shape index (κ3) is 4.59. The molecule has 0 atom stereocenters. The molecule has 1 aliphatic rings. The highest BCUT2D eigenvalue weighted by Crippen LogP contribution is 2.36. The Morgan fingerprint density at radius 2 is 1.76 bits per heavy atom. The average molecular weight is 514 g/mol. The summed E-state index contributed by atoms with van der Waals surface area (Å²) in [6.45, 7) is 0. The largest absolute Gasteiger partial charge is 0.418 e. The van der Waals surface area contributed by atoms with Crippen LogP contribution in [0.5, 0.6) is 0 Å². The highest BCUT2D eigenvalue weighted by molar-refractivity contribution is 6.04. The molecule has 0 aliphatic heterocycles. The molecule has 0 bridgehead atoms. The monoisotopic (exact) mass is 514 g/mol. The van der Waals surface area contributed by atoms with Gasteiger partial charge in [0.1, 0.15) is 23.2 Å². The van der Waals surface area contributed by atoms with Crippen molar-refractivity contribution in [3.63, 3.8) is 0 Å². The highest BCUT2D eigenvalue weighted by Gasteiger charge is 2.36. The number of carbonyl (C=O) groups excluding carboxylic acids is 1. The van der Waals surface area contributed by atoms with Crippen LogP contribution in [0.15, 0.2) is 78.7 Å². The molecule has 3 aromatic heterocycles. The number of hydrogen-bond acceptors (Lipinski definition) is 3. The zero-order valence-corrected chi connectivity index (χ0v) is 18.8. The van der Waals surface area contributed by atoms with Crippen molar-refractivity contribution in [2.75, 3.05) is 5.32 Å². The quantitative estimate of drug-likeness (QED) is 0.295. The predicted octanol–water partition coefficient (Wildman–Crippen LogP) is 7.13. The number of hydrogen-bond donors (Lipinski definition) is 1. The van der Waals surface area contributed by atoms with E-state index in [1.165, 1.54) is 28.8 Å². The van der Waals surface area contributed by atoms with Crippen LogP contribution in [0.4, 0.5) is 32.0 Å². The number of allylic oxidation sites excluding steroid dienone is 4. The van der Waals surface area contributed by atoms with E-state index in [1.807, 2.05) is 0 Å². The summed E-state index contributed by atoms with van der Waals surface area (Å²) in [5.41, 5.74) is -1.40. The Morgan fingerprint density at radius 1 is 1.00 bits per heavy atom. The molecule has 37 heavy (non-hydrogen) atoms. The minimum Gasteiger partial charge on any atom is -0.321 e. The number of imidazole rings is 1. The van der Waals surface area contributed by atoms with Crippen LogP contribution in [-0.2, 0) is 6.18 Å². The molecule has 0 saturated heterocycles. The molecule has 11 heteroatoms. The molecule has 0 unspecified atom stereocenters. The summed E-state index contributed by atoms with van der Waals surface area (Å²) in [5.74, 6) is -3.50. The number of fused-ring (bicyclic) bond motifs is 1. The van der Waals surface area contributed by atoms with Crippen molar-refractivity contribution >= 4 is 22.7 Å². The second kappa shape index (κ2) is 9.23. The van der Waals surface area contributed by atoms with E-state index in [2.05, 4.69) is 15.3 Å². The second-order valence-electron chi connectivity index (χ2n) is 8.19. The number of halogens is 6. The summed E-state index contributed by atoms with van der Waals surface area (Å²) >= 11 is 0. The summed E-state index contributed by atoms with van der Waals surface area (Å²) in [6.07, 6.45) is -0.207. The van der Waals surface area contributed by atoms with E-state index < -0.39 is 40.8 Å². The minimum absolute atomic E-state index is 0.0223. The zero-order valence-electron chi connectivity index (χ0n) is 18.8. The first kappa shape index (κ1) is 24.3. The molecular weight excluding hydrogens is 498 g/mol. The third-order valence-corrected chi connectivity index (χ3v) is 5.79. The van der Waals surface area contributed by atoms with E-state index in [0.29, 0.717) is 11.1 Å². The fourth-order valence-electron chi connectivity index (χ4n) is 4.05. The Labute approximate surface area is 205 Å². The fourth-order valence-corrected chi connectivity index (χ4v) is 4.05. The van der Waals surface area contributed by atoms with Gasteiger partial charge in [0.05, 0.1) is 28.5 Å². The molecular formula is C26H16F6N4O. The zero-order chi connectivity index (χ0) is 26.3. The van der Waals surface area contributed by atoms with E-state index in [0.717, 1.165) is 24.3 Å². The number of rotatable bonds is 4. The molecule has 5 nitrogen and oxygen atoms in total. The van der Waals surface area contributed by atoms with E-state index in [-0.39, 0.29) is 35.6 Å². The summed E-state index contributed by atoms with van der Waals surface area (Å²) < 4.78 is 84.1. The van der Waals surface area contributed by atoms with Crippen molar-refractivity contribution in [2.24, 2.45) is 0 Å². The van der Waals surface area contributed by atoms with E-state index >= 15 is 0 Å². The Bertz CT molecular complexity index is 1590. The Morgan fingerprint density at radius 3 is 2.49 bits per heavy atom. The normalized spacial score (nSPS) is 14.2. The fraction of sp³-hybridized carbons (Fsp3) is 0.115. The summed E-state index contributed by atoms with van der Waals surface area (Å²) in [5, 5.41) is 2.29. The van der Waals surface area contributed by atoms with Gasteiger partial charge in [-0.1, -0.05) is 6.08 Å². The lowest BCUT2D eigenvalue weighted by atomic mass is 10.0. The van der Waals surface area contributed by atoms with Crippen molar-refractivity contribution in [3.05, 3.63) is 102 Å². The van der Waals surface area contributed by atoms with Crippen molar-refractivity contribution in [1.29, 1.82) is 0 Å². The lowest BCUT2D eigenvalue weighted by Gasteiger charge is -2.14. The molecule has 4 aromatic rings. The van der Waals surface area contributed by atoms with Crippen LogP contribution in [-0.4, -0.2) is 20.3 Å². The molecule has 0 saturated carbocycles. The number of alkyl halides is 3. The van der Waals surface area contributed by atoms with Gasteiger partial charge in [0.2, 0.25) is 0 Å². The molecule has 188 valence electrons. The van der Waals surface area contributed by atoms with Crippen molar-refractivity contribution in [1.82, 2.24) is 14.4 Å². The number of aromatic nitrogens is 3. The first-order valence-electron chi connectivity index (χ1n) is 11.0. The van der Waals surface area contributed by atoms with Crippen molar-refractivity contribution in [3.8, 4) is 11.3 Å². The molecule has 1 N–H and O–H groups in total. The number of amides is 1. The van der Waals surface area contributed by atoms with Crippen LogP contribution in [0.3, 0.4) is 0 Å². The standard InChI is InChI=1S/C26H16F6N4O/c27-14-6-8-15(9-7-14)34-25(37)23-18(26(30,31)32)10-11-20(35-23)16-4-2-12-36-21(16)13-33-24(36)17-3-1-5-19(28)22(17)29/h2-4,6-13H,1,5H2,(H,34,37). The average Bonchev–Trinajstić information content (AvgIpc) is 3.30. The van der Waals surface area contributed by atoms with Gasteiger partial charge in [0, 0.05) is 23.9 Å². The Kier molecular flexibility index (Phi) is 6.06. The maximum Gasteiger partial charge on any atom is 0.418 e. The van der Waals surface area contributed by atoms with Gasteiger partial charge in [0.15, 0.2) is 5.83 Å². The van der Waals surface area contributed by atoms with Crippen LogP contribution in [0, 0.1) is 5.82 Å². The van der Waals surface area contributed by atoms with Gasteiger partial charge in [-0.2, -0.15) is 13.2 Å². The predicted molar refractivity (Wildman–Crippen MR) is 124 cm³/mol. The smallest absolute Gasteiger partial charge is 0.321 e. The molecule has 0 radical (unpaired) electrons. The van der Waals surface area contributed by atoms with Gasteiger partial charge in [-0.3, -0.25) is 9.20 Å². The maximum absolute atomic E-state index is 14.5. The Balaban J connectivity index is 1.59. The SMILES string of the molecule is O=C(Nc1ccc(F)cc1)c1nc(-c2cccn3c(C4=CCCC(F)=C4F)ncc23)ccc1C(F)(F)F. The Hall–Kier alpha value is -4.41. The number of pyridine rings is 2. The number of anilines is 1. The highest BCUT2D eigenvalue weighted by atomic mass is 19.4. The van der Waals surface area contributed by atoms with Crippen LogP contribution >= 0.6 is 0 Å². The number of nitrogens with zero attached hydrogens (tertiary/aromatic N) is 3. The molecule has 1 aliphatic carbocycles. The van der Waals surface area contributed by atoms with Crippen molar-refractivity contribution in [2.45, 2.75) is 19.0 Å². The number of carbonyl (C=O) groups is 1. The second-order valence-corrected chi connectivity index (χ2v) is 8.19.